The highest BCUT2D eigenvalue weighted by molar-refractivity contribution is 5.92. The van der Waals surface area contributed by atoms with E-state index in [1.54, 1.807) is 7.11 Å². The number of ether oxygens (including phenoxy) is 1. The van der Waals surface area contributed by atoms with Gasteiger partial charge in [0.1, 0.15) is 5.69 Å². The second-order valence-corrected chi connectivity index (χ2v) is 7.01. The highest BCUT2D eigenvalue weighted by atomic mass is 16.5. The van der Waals surface area contributed by atoms with Crippen LogP contribution in [0.15, 0.2) is 24.7 Å². The molecule has 3 heterocycles. The Kier molecular flexibility index (Phi) is 3.92. The molecular formula is C18H24N4O2. The van der Waals surface area contributed by atoms with E-state index in [-0.39, 0.29) is 11.8 Å². The van der Waals surface area contributed by atoms with Crippen LogP contribution < -0.4 is 0 Å². The molecule has 1 fully saturated rings. The van der Waals surface area contributed by atoms with E-state index in [1.807, 2.05) is 41.2 Å². The fraction of sp³-hybridized carbons (Fsp3) is 0.556. The maximum atomic E-state index is 12.9. The zero-order valence-corrected chi connectivity index (χ0v) is 14.3. The number of nitrogens with zero attached hydrogens (tertiary/aromatic N) is 4. The van der Waals surface area contributed by atoms with Crippen LogP contribution in [0.2, 0.25) is 0 Å². The summed E-state index contributed by atoms with van der Waals surface area (Å²) in [6, 6.07) is 3.77. The third-order valence-electron chi connectivity index (χ3n) is 5.10. The van der Waals surface area contributed by atoms with Gasteiger partial charge in [0.25, 0.3) is 5.91 Å². The Hall–Kier alpha value is -2.08. The zero-order chi connectivity index (χ0) is 16.7. The normalized spacial score (nSPS) is 20.2. The molecule has 0 aromatic carbocycles. The van der Waals surface area contributed by atoms with Gasteiger partial charge in [-0.1, -0.05) is 0 Å². The maximum absolute atomic E-state index is 12.9. The Morgan fingerprint density at radius 2 is 2.25 bits per heavy atom. The number of aryl methyl sites for hydroxylation is 1. The lowest BCUT2D eigenvalue weighted by molar-refractivity contribution is 0.0663. The van der Waals surface area contributed by atoms with E-state index in [1.165, 1.54) is 18.5 Å². The highest BCUT2D eigenvalue weighted by Crippen LogP contribution is 2.34. The van der Waals surface area contributed by atoms with Gasteiger partial charge in [-0.25, -0.2) is 4.98 Å². The molecule has 1 amide bonds. The van der Waals surface area contributed by atoms with Crippen molar-refractivity contribution in [3.8, 4) is 0 Å². The molecule has 0 bridgehead atoms. The highest BCUT2D eigenvalue weighted by Gasteiger charge is 2.34. The Morgan fingerprint density at radius 3 is 2.92 bits per heavy atom. The lowest BCUT2D eigenvalue weighted by atomic mass is 9.98. The van der Waals surface area contributed by atoms with E-state index in [0.29, 0.717) is 25.4 Å². The first kappa shape index (κ1) is 15.4. The van der Waals surface area contributed by atoms with Crippen molar-refractivity contribution in [1.29, 1.82) is 0 Å². The molecule has 1 unspecified atom stereocenters. The molecule has 0 spiro atoms. The second kappa shape index (κ2) is 6.09. The van der Waals surface area contributed by atoms with E-state index in [2.05, 4.69) is 9.55 Å². The summed E-state index contributed by atoms with van der Waals surface area (Å²) in [7, 11) is 3.62. The summed E-state index contributed by atoms with van der Waals surface area (Å²) in [4.78, 5) is 19.4. The van der Waals surface area contributed by atoms with Gasteiger partial charge in [-0.05, 0) is 30.9 Å². The molecule has 1 saturated carbocycles. The number of hydrogen-bond donors (Lipinski definition) is 0. The van der Waals surface area contributed by atoms with Crippen molar-refractivity contribution in [2.24, 2.45) is 13.0 Å². The molecule has 1 atom stereocenters. The lowest BCUT2D eigenvalue weighted by Gasteiger charge is -2.33. The van der Waals surface area contributed by atoms with E-state index in [9.17, 15) is 4.79 Å². The predicted octanol–water partition coefficient (Wildman–Crippen LogP) is 2.02. The van der Waals surface area contributed by atoms with Crippen LogP contribution in [0.4, 0.5) is 0 Å². The summed E-state index contributed by atoms with van der Waals surface area (Å²) in [5, 5.41) is 0. The topological polar surface area (TPSA) is 52.3 Å². The van der Waals surface area contributed by atoms with Crippen LogP contribution in [0.25, 0.3) is 0 Å². The van der Waals surface area contributed by atoms with Gasteiger partial charge in [0.15, 0.2) is 0 Å². The van der Waals surface area contributed by atoms with E-state index < -0.39 is 0 Å². The Labute approximate surface area is 142 Å². The third kappa shape index (κ3) is 2.75. The van der Waals surface area contributed by atoms with Crippen molar-refractivity contribution in [3.05, 3.63) is 41.7 Å². The van der Waals surface area contributed by atoms with Crippen LogP contribution in [-0.2, 0) is 24.9 Å². The van der Waals surface area contributed by atoms with Gasteiger partial charge < -0.3 is 18.8 Å². The molecule has 0 saturated heterocycles. The number of carbonyl (C=O) groups excluding carboxylic acids is 1. The number of rotatable bonds is 5. The number of aromatic nitrogens is 3. The fourth-order valence-electron chi connectivity index (χ4n) is 3.68. The molecule has 6 heteroatoms. The van der Waals surface area contributed by atoms with Crippen molar-refractivity contribution >= 4 is 5.91 Å². The van der Waals surface area contributed by atoms with E-state index in [0.717, 1.165) is 18.2 Å². The van der Waals surface area contributed by atoms with Crippen molar-refractivity contribution in [2.45, 2.75) is 31.8 Å². The number of methoxy groups -OCH3 is 1. The monoisotopic (exact) mass is 328 g/mol. The molecule has 6 nitrogen and oxygen atoms in total. The largest absolute Gasteiger partial charge is 0.384 e. The van der Waals surface area contributed by atoms with Crippen LogP contribution >= 0.6 is 0 Å². The van der Waals surface area contributed by atoms with Crippen molar-refractivity contribution in [1.82, 2.24) is 19.0 Å². The summed E-state index contributed by atoms with van der Waals surface area (Å²) in [5.41, 5.74) is 3.00. The van der Waals surface area contributed by atoms with Gasteiger partial charge in [0.2, 0.25) is 0 Å². The van der Waals surface area contributed by atoms with Crippen LogP contribution in [0.5, 0.6) is 0 Å². The molecule has 0 N–H and O–H groups in total. The quantitative estimate of drug-likeness (QED) is 0.844. The summed E-state index contributed by atoms with van der Waals surface area (Å²) in [5.74, 6) is 1.05. The first-order valence-electron chi connectivity index (χ1n) is 8.60. The number of carbonyl (C=O) groups is 1. The smallest absolute Gasteiger partial charge is 0.270 e. The molecule has 128 valence electrons. The minimum Gasteiger partial charge on any atom is -0.384 e. The molecule has 1 aliphatic heterocycles. The fourth-order valence-corrected chi connectivity index (χ4v) is 3.68. The minimum absolute atomic E-state index is 0.0611. The second-order valence-electron chi connectivity index (χ2n) is 7.01. The predicted molar refractivity (Wildman–Crippen MR) is 89.7 cm³/mol. The summed E-state index contributed by atoms with van der Waals surface area (Å²) >= 11 is 0. The number of hydrogen-bond acceptors (Lipinski definition) is 3. The first-order chi connectivity index (χ1) is 11.7. The van der Waals surface area contributed by atoms with Crippen LogP contribution in [0.3, 0.4) is 0 Å². The van der Waals surface area contributed by atoms with Crippen molar-refractivity contribution in [2.75, 3.05) is 20.3 Å². The van der Waals surface area contributed by atoms with Gasteiger partial charge in [0, 0.05) is 45.1 Å². The van der Waals surface area contributed by atoms with Gasteiger partial charge in [-0.15, -0.1) is 0 Å². The summed E-state index contributed by atoms with van der Waals surface area (Å²) < 4.78 is 9.60. The zero-order valence-electron chi connectivity index (χ0n) is 14.3. The molecule has 1 aliphatic carbocycles. The number of amides is 1. The standard InChI is InChI=1S/C18H24N4O2/c1-20-7-3-4-16(20)18(23)21-9-14(11-24-2)17-15(10-21)19-12-22(17)8-13-5-6-13/h3-4,7,12-14H,5-6,8-11H2,1-2H3. The van der Waals surface area contributed by atoms with Gasteiger partial charge in [0.05, 0.1) is 25.2 Å². The van der Waals surface area contributed by atoms with Crippen LogP contribution in [-0.4, -0.2) is 45.2 Å². The average Bonchev–Trinajstić information content (AvgIpc) is 3.14. The van der Waals surface area contributed by atoms with Crippen LogP contribution in [0, 0.1) is 5.92 Å². The Balaban J connectivity index is 1.61. The molecule has 2 aromatic rings. The maximum Gasteiger partial charge on any atom is 0.270 e. The van der Waals surface area contributed by atoms with Crippen molar-refractivity contribution in [3.63, 3.8) is 0 Å². The van der Waals surface area contributed by atoms with Gasteiger partial charge >= 0.3 is 0 Å². The van der Waals surface area contributed by atoms with Crippen molar-refractivity contribution < 1.29 is 9.53 Å². The molecular weight excluding hydrogens is 304 g/mol. The Bertz CT molecular complexity index is 744. The third-order valence-corrected chi connectivity index (χ3v) is 5.10. The first-order valence-corrected chi connectivity index (χ1v) is 8.60. The SMILES string of the molecule is COCC1CN(C(=O)c2cccn2C)Cc2ncn(CC3CC3)c21. The summed E-state index contributed by atoms with van der Waals surface area (Å²) in [6.07, 6.45) is 6.49. The lowest BCUT2D eigenvalue weighted by Crippen LogP contribution is -2.40. The molecule has 4 rings (SSSR count). The number of fused-ring (bicyclic) bond motifs is 1. The molecule has 0 radical (unpaired) electrons. The summed E-state index contributed by atoms with van der Waals surface area (Å²) in [6.45, 7) is 2.92. The average molecular weight is 328 g/mol. The van der Waals surface area contributed by atoms with Gasteiger partial charge in [-0.3, -0.25) is 4.79 Å². The Morgan fingerprint density at radius 1 is 1.42 bits per heavy atom. The van der Waals surface area contributed by atoms with E-state index in [4.69, 9.17) is 4.74 Å². The molecule has 24 heavy (non-hydrogen) atoms. The number of imidazole rings is 1. The van der Waals surface area contributed by atoms with E-state index >= 15 is 0 Å². The molecule has 2 aromatic heterocycles. The van der Waals surface area contributed by atoms with Crippen LogP contribution in [0.1, 0.15) is 40.6 Å². The van der Waals surface area contributed by atoms with Gasteiger partial charge in [-0.2, -0.15) is 0 Å². The minimum atomic E-state index is 0.0611. The molecule has 2 aliphatic rings.